The summed E-state index contributed by atoms with van der Waals surface area (Å²) in [6.07, 6.45) is 2.78. The highest BCUT2D eigenvalue weighted by molar-refractivity contribution is 6.30. The molecule has 1 aliphatic carbocycles. The van der Waals surface area contributed by atoms with Crippen molar-refractivity contribution in [1.29, 1.82) is 0 Å². The molecule has 0 saturated carbocycles. The number of rotatable bonds is 3. The third-order valence-electron chi connectivity index (χ3n) is 4.24. The average Bonchev–Trinajstić information content (AvgIpc) is 3.03. The Balaban J connectivity index is 1.64. The molecule has 0 aliphatic heterocycles. The van der Waals surface area contributed by atoms with Crippen molar-refractivity contribution in [3.63, 3.8) is 0 Å². The molecule has 0 unspecified atom stereocenters. The van der Waals surface area contributed by atoms with Crippen LogP contribution in [0.5, 0.6) is 5.75 Å². The number of benzene rings is 2. The number of hydrogen-bond acceptors (Lipinski definition) is 3. The first kappa shape index (κ1) is 14.3. The predicted octanol–water partition coefficient (Wildman–Crippen LogP) is 4.51. The molecule has 1 aromatic heterocycles. The molecule has 0 saturated heterocycles. The second-order valence-electron chi connectivity index (χ2n) is 5.78. The first-order valence-electron chi connectivity index (χ1n) is 7.66. The van der Waals surface area contributed by atoms with Crippen LogP contribution >= 0.6 is 11.6 Å². The zero-order valence-electron chi connectivity index (χ0n) is 12.5. The molecule has 0 N–H and O–H groups in total. The van der Waals surface area contributed by atoms with Crippen LogP contribution in [-0.4, -0.2) is 0 Å². The maximum atomic E-state index is 12.0. The zero-order chi connectivity index (χ0) is 15.8. The van der Waals surface area contributed by atoms with Gasteiger partial charge in [-0.3, -0.25) is 0 Å². The number of fused-ring (bicyclic) bond motifs is 3. The summed E-state index contributed by atoms with van der Waals surface area (Å²) < 4.78 is 11.3. The van der Waals surface area contributed by atoms with Gasteiger partial charge in [-0.1, -0.05) is 23.7 Å². The molecule has 4 rings (SSSR count). The van der Waals surface area contributed by atoms with Crippen LogP contribution in [0.2, 0.25) is 5.02 Å². The maximum Gasteiger partial charge on any atom is 0.339 e. The average molecular weight is 327 g/mol. The van der Waals surface area contributed by atoms with Crippen molar-refractivity contribution in [3.8, 4) is 5.75 Å². The van der Waals surface area contributed by atoms with Gasteiger partial charge in [-0.05, 0) is 54.7 Å². The Labute approximate surface area is 138 Å². The molecule has 23 heavy (non-hydrogen) atoms. The van der Waals surface area contributed by atoms with E-state index in [2.05, 4.69) is 0 Å². The van der Waals surface area contributed by atoms with Crippen LogP contribution in [0.1, 0.15) is 23.1 Å². The molecule has 2 aromatic carbocycles. The molecule has 1 heterocycles. The van der Waals surface area contributed by atoms with Crippen LogP contribution in [0.3, 0.4) is 0 Å². The van der Waals surface area contributed by atoms with Crippen molar-refractivity contribution >= 4 is 22.6 Å². The Bertz CT molecular complexity index is 943. The van der Waals surface area contributed by atoms with Gasteiger partial charge in [0.15, 0.2) is 0 Å². The van der Waals surface area contributed by atoms with Gasteiger partial charge in [-0.15, -0.1) is 0 Å². The minimum absolute atomic E-state index is 0.211. The minimum Gasteiger partial charge on any atom is -0.489 e. The molecule has 1 aliphatic rings. The van der Waals surface area contributed by atoms with E-state index in [0.29, 0.717) is 23.0 Å². The number of ether oxygens (including phenoxy) is 1. The van der Waals surface area contributed by atoms with Crippen molar-refractivity contribution in [1.82, 2.24) is 0 Å². The fraction of sp³-hybridized carbons (Fsp3) is 0.211. The summed E-state index contributed by atoms with van der Waals surface area (Å²) in [5.74, 6) is 0.679. The molecule has 0 fully saturated rings. The van der Waals surface area contributed by atoms with Gasteiger partial charge in [0.05, 0.1) is 0 Å². The summed E-state index contributed by atoms with van der Waals surface area (Å²) in [5, 5.41) is 1.71. The lowest BCUT2D eigenvalue weighted by molar-refractivity contribution is 0.306. The van der Waals surface area contributed by atoms with E-state index in [1.807, 2.05) is 36.4 Å². The first-order valence-corrected chi connectivity index (χ1v) is 8.04. The molecule has 0 amide bonds. The lowest BCUT2D eigenvalue weighted by Crippen LogP contribution is -2.06. The van der Waals surface area contributed by atoms with E-state index in [1.54, 1.807) is 6.07 Å². The van der Waals surface area contributed by atoms with Crippen molar-refractivity contribution in [2.45, 2.75) is 25.9 Å². The van der Waals surface area contributed by atoms with Crippen LogP contribution in [0.25, 0.3) is 11.0 Å². The monoisotopic (exact) mass is 326 g/mol. The number of halogens is 1. The summed E-state index contributed by atoms with van der Waals surface area (Å²) in [6, 6.07) is 13.2. The molecule has 3 aromatic rings. The summed E-state index contributed by atoms with van der Waals surface area (Å²) in [5.41, 5.74) is 3.35. The third kappa shape index (κ3) is 2.73. The second kappa shape index (κ2) is 5.74. The van der Waals surface area contributed by atoms with Gasteiger partial charge in [0.25, 0.3) is 0 Å². The first-order chi connectivity index (χ1) is 11.2. The molecular weight excluding hydrogens is 312 g/mol. The molecule has 0 bridgehead atoms. The summed E-state index contributed by atoms with van der Waals surface area (Å²) in [4.78, 5) is 12.0. The maximum absolute atomic E-state index is 12.0. The van der Waals surface area contributed by atoms with Gasteiger partial charge in [0.1, 0.15) is 17.9 Å². The van der Waals surface area contributed by atoms with E-state index in [1.165, 1.54) is 0 Å². The fourth-order valence-corrected chi connectivity index (χ4v) is 3.36. The van der Waals surface area contributed by atoms with Gasteiger partial charge in [0, 0.05) is 22.0 Å². The van der Waals surface area contributed by atoms with E-state index >= 15 is 0 Å². The Morgan fingerprint density at radius 3 is 2.83 bits per heavy atom. The van der Waals surface area contributed by atoms with Gasteiger partial charge >= 0.3 is 5.63 Å². The van der Waals surface area contributed by atoms with Crippen LogP contribution in [0, 0.1) is 0 Å². The van der Waals surface area contributed by atoms with Gasteiger partial charge < -0.3 is 9.15 Å². The zero-order valence-corrected chi connectivity index (χ0v) is 13.2. The molecule has 0 spiro atoms. The molecule has 0 atom stereocenters. The van der Waals surface area contributed by atoms with E-state index in [4.69, 9.17) is 20.8 Å². The van der Waals surface area contributed by atoms with Crippen LogP contribution in [0.15, 0.2) is 51.7 Å². The standard InChI is InChI=1S/C19H15ClO3/c20-13-4-1-3-12(9-13)11-22-14-7-8-16-15-5-2-6-17(15)19(21)23-18(16)10-14/h1,3-4,7-10H,2,5-6,11H2. The van der Waals surface area contributed by atoms with Crippen molar-refractivity contribution in [3.05, 3.63) is 74.6 Å². The molecule has 3 nitrogen and oxygen atoms in total. The third-order valence-corrected chi connectivity index (χ3v) is 4.47. The highest BCUT2D eigenvalue weighted by Crippen LogP contribution is 2.29. The van der Waals surface area contributed by atoms with Crippen LogP contribution in [0.4, 0.5) is 0 Å². The Morgan fingerprint density at radius 1 is 1.09 bits per heavy atom. The summed E-state index contributed by atoms with van der Waals surface area (Å²) >= 11 is 5.97. The molecule has 4 heteroatoms. The van der Waals surface area contributed by atoms with E-state index < -0.39 is 0 Å². The van der Waals surface area contributed by atoms with Crippen LogP contribution in [-0.2, 0) is 19.4 Å². The van der Waals surface area contributed by atoms with Gasteiger partial charge in [-0.25, -0.2) is 4.79 Å². The van der Waals surface area contributed by atoms with Crippen LogP contribution < -0.4 is 10.4 Å². The lowest BCUT2D eigenvalue weighted by atomic mass is 10.1. The quantitative estimate of drug-likeness (QED) is 0.665. The Morgan fingerprint density at radius 2 is 1.96 bits per heavy atom. The highest BCUT2D eigenvalue weighted by Gasteiger charge is 2.19. The second-order valence-corrected chi connectivity index (χ2v) is 6.21. The summed E-state index contributed by atoms with van der Waals surface area (Å²) in [6.45, 7) is 0.418. The highest BCUT2D eigenvalue weighted by atomic mass is 35.5. The predicted molar refractivity (Wildman–Crippen MR) is 90.3 cm³/mol. The van der Waals surface area contributed by atoms with Crippen molar-refractivity contribution in [2.24, 2.45) is 0 Å². The molecular formula is C19H15ClO3. The molecule has 116 valence electrons. The topological polar surface area (TPSA) is 39.4 Å². The summed E-state index contributed by atoms with van der Waals surface area (Å²) in [7, 11) is 0. The smallest absolute Gasteiger partial charge is 0.339 e. The Kier molecular flexibility index (Phi) is 3.58. The van der Waals surface area contributed by atoms with E-state index in [0.717, 1.165) is 41.3 Å². The van der Waals surface area contributed by atoms with Crippen molar-refractivity contribution in [2.75, 3.05) is 0 Å². The molecule has 0 radical (unpaired) electrons. The SMILES string of the molecule is O=c1oc2cc(OCc3cccc(Cl)c3)ccc2c2c1CCC2. The minimum atomic E-state index is -0.211. The Hall–Kier alpha value is -2.26. The lowest BCUT2D eigenvalue weighted by Gasteiger charge is -2.09. The fourth-order valence-electron chi connectivity index (χ4n) is 3.15. The number of hydrogen-bond donors (Lipinski definition) is 0. The van der Waals surface area contributed by atoms with Crippen molar-refractivity contribution < 1.29 is 9.15 Å². The van der Waals surface area contributed by atoms with E-state index in [9.17, 15) is 4.79 Å². The van der Waals surface area contributed by atoms with Gasteiger partial charge in [0.2, 0.25) is 0 Å². The normalized spacial score (nSPS) is 13.3. The largest absolute Gasteiger partial charge is 0.489 e. The van der Waals surface area contributed by atoms with E-state index in [-0.39, 0.29) is 5.63 Å². The van der Waals surface area contributed by atoms with Gasteiger partial charge in [-0.2, -0.15) is 0 Å². The number of aryl methyl sites for hydroxylation is 1.